The molecule has 0 saturated heterocycles. The van der Waals surface area contributed by atoms with E-state index in [-0.39, 0.29) is 15.6 Å². The van der Waals surface area contributed by atoms with Gasteiger partial charge in [-0.05, 0) is 76.4 Å². The van der Waals surface area contributed by atoms with Gasteiger partial charge < -0.3 is 14.2 Å². The molecule has 43 heavy (non-hydrogen) atoms. The maximum atomic E-state index is 13.6. The number of nitrogens with one attached hydrogen (secondary N) is 1. The van der Waals surface area contributed by atoms with Crippen molar-refractivity contribution < 1.29 is 27.4 Å². The number of hydrogen-bond donors (Lipinski definition) is 1. The van der Waals surface area contributed by atoms with Gasteiger partial charge in [0.25, 0.3) is 15.9 Å². The van der Waals surface area contributed by atoms with E-state index in [1.165, 1.54) is 50.8 Å². The number of nitrogens with zero attached hydrogens (tertiary/aromatic N) is 2. The second-order valence-electron chi connectivity index (χ2n) is 9.25. The lowest BCUT2D eigenvalue weighted by atomic mass is 10.2. The molecule has 1 amide bonds. The van der Waals surface area contributed by atoms with Gasteiger partial charge in [0.2, 0.25) is 0 Å². The molecule has 1 N–H and O–H groups in total. The van der Waals surface area contributed by atoms with Crippen molar-refractivity contribution in [2.75, 3.05) is 25.1 Å². The van der Waals surface area contributed by atoms with Crippen molar-refractivity contribution in [1.29, 1.82) is 0 Å². The summed E-state index contributed by atoms with van der Waals surface area (Å²) in [5, 5.41) is 4.22. The second kappa shape index (κ2) is 14.4. The van der Waals surface area contributed by atoms with Crippen LogP contribution in [0.2, 0.25) is 5.02 Å². The molecule has 224 valence electrons. The Balaban J connectivity index is 1.52. The average molecular weight is 687 g/mol. The largest absolute Gasteiger partial charge is 0.495 e. The highest BCUT2D eigenvalue weighted by Gasteiger charge is 2.28. The van der Waals surface area contributed by atoms with Crippen molar-refractivity contribution in [2.45, 2.75) is 18.4 Å². The Hall–Kier alpha value is -4.06. The SMILES string of the molecule is COc1ccc(N(CC(=O)N/N=C/c2cc(Br)c(OCc3ccccc3)c(OC)c2)S(=O)(=O)c2ccc(C)cc2)cc1Cl. The fourth-order valence-corrected chi connectivity index (χ4v) is 6.23. The molecule has 4 rings (SSSR count). The smallest absolute Gasteiger partial charge is 0.264 e. The number of rotatable bonds is 12. The van der Waals surface area contributed by atoms with Crippen LogP contribution in [0.3, 0.4) is 0 Å². The maximum absolute atomic E-state index is 13.6. The predicted octanol–water partition coefficient (Wildman–Crippen LogP) is 6.35. The third kappa shape index (κ3) is 8.07. The van der Waals surface area contributed by atoms with E-state index in [0.29, 0.717) is 33.9 Å². The van der Waals surface area contributed by atoms with Crippen molar-refractivity contribution in [1.82, 2.24) is 5.43 Å². The highest BCUT2D eigenvalue weighted by Crippen LogP contribution is 2.37. The molecule has 4 aromatic rings. The van der Waals surface area contributed by atoms with Crippen LogP contribution in [0.1, 0.15) is 16.7 Å². The van der Waals surface area contributed by atoms with Crippen molar-refractivity contribution in [3.8, 4) is 17.2 Å². The van der Waals surface area contributed by atoms with Crippen molar-refractivity contribution in [3.05, 3.63) is 111 Å². The van der Waals surface area contributed by atoms with Crippen LogP contribution in [0, 0.1) is 6.92 Å². The average Bonchev–Trinajstić information content (AvgIpc) is 2.99. The van der Waals surface area contributed by atoms with Crippen molar-refractivity contribution >= 4 is 55.4 Å². The number of benzene rings is 4. The number of sulfonamides is 1. The van der Waals surface area contributed by atoms with E-state index in [2.05, 4.69) is 26.5 Å². The molecule has 0 fully saturated rings. The minimum Gasteiger partial charge on any atom is -0.495 e. The number of amides is 1. The summed E-state index contributed by atoms with van der Waals surface area (Å²) in [6.07, 6.45) is 1.41. The zero-order valence-corrected chi connectivity index (χ0v) is 26.7. The molecule has 0 aromatic heterocycles. The van der Waals surface area contributed by atoms with Crippen LogP contribution >= 0.6 is 27.5 Å². The summed E-state index contributed by atoms with van der Waals surface area (Å²) >= 11 is 9.79. The van der Waals surface area contributed by atoms with E-state index in [0.717, 1.165) is 15.4 Å². The number of aryl methyl sites for hydroxylation is 1. The summed E-state index contributed by atoms with van der Waals surface area (Å²) in [6, 6.07) is 24.0. The molecule has 0 atom stereocenters. The van der Waals surface area contributed by atoms with Crippen LogP contribution in [0.25, 0.3) is 0 Å². The Morgan fingerprint density at radius 1 is 0.977 bits per heavy atom. The fourth-order valence-electron chi connectivity index (χ4n) is 3.99. The normalized spacial score (nSPS) is 11.3. The fraction of sp³-hybridized carbons (Fsp3) is 0.161. The Kier molecular flexibility index (Phi) is 10.7. The second-order valence-corrected chi connectivity index (χ2v) is 12.4. The lowest BCUT2D eigenvalue weighted by Crippen LogP contribution is -2.39. The molecule has 0 unspecified atom stereocenters. The molecule has 4 aromatic carbocycles. The van der Waals surface area contributed by atoms with E-state index >= 15 is 0 Å². The molecule has 0 spiro atoms. The Morgan fingerprint density at radius 2 is 1.67 bits per heavy atom. The van der Waals surface area contributed by atoms with Gasteiger partial charge in [-0.1, -0.05) is 59.6 Å². The van der Waals surface area contributed by atoms with Crippen LogP contribution in [0.4, 0.5) is 5.69 Å². The predicted molar refractivity (Wildman–Crippen MR) is 171 cm³/mol. The standard InChI is InChI=1S/C31H29BrClN3O6S/c1-21-9-12-25(13-10-21)43(38,39)36(24-11-14-28(40-2)27(33)17-24)19-30(37)35-34-18-23-15-26(32)31(29(16-23)41-3)42-20-22-7-5-4-6-8-22/h4-18H,19-20H2,1-3H3,(H,35,37)/b34-18+. The summed E-state index contributed by atoms with van der Waals surface area (Å²) in [6.45, 7) is 1.64. The van der Waals surface area contributed by atoms with Crippen LogP contribution in [0.15, 0.2) is 99.4 Å². The van der Waals surface area contributed by atoms with Crippen LogP contribution < -0.4 is 23.9 Å². The molecule has 0 bridgehead atoms. The molecule has 0 heterocycles. The Labute approximate surface area is 264 Å². The van der Waals surface area contributed by atoms with Crippen LogP contribution in [0.5, 0.6) is 17.2 Å². The number of carbonyl (C=O) groups is 1. The van der Waals surface area contributed by atoms with E-state index in [9.17, 15) is 13.2 Å². The zero-order valence-electron chi connectivity index (χ0n) is 23.6. The quantitative estimate of drug-likeness (QED) is 0.138. The van der Waals surface area contributed by atoms with Gasteiger partial charge in [0, 0.05) is 0 Å². The first-order valence-corrected chi connectivity index (χ1v) is 15.5. The highest BCUT2D eigenvalue weighted by molar-refractivity contribution is 9.10. The molecule has 0 saturated carbocycles. The zero-order chi connectivity index (χ0) is 31.0. The highest BCUT2D eigenvalue weighted by atomic mass is 79.9. The molecule has 0 aliphatic heterocycles. The number of hydrogen-bond acceptors (Lipinski definition) is 7. The Bertz CT molecular complexity index is 1720. The van der Waals surface area contributed by atoms with E-state index in [1.807, 2.05) is 37.3 Å². The number of carbonyl (C=O) groups excluding carboxylic acids is 1. The number of methoxy groups -OCH3 is 2. The minimum atomic E-state index is -4.14. The topological polar surface area (TPSA) is 107 Å². The summed E-state index contributed by atoms with van der Waals surface area (Å²) in [5.74, 6) is 0.672. The summed E-state index contributed by atoms with van der Waals surface area (Å²) in [5.41, 5.74) is 5.08. The first kappa shape index (κ1) is 31.9. The Morgan fingerprint density at radius 3 is 2.33 bits per heavy atom. The van der Waals surface area contributed by atoms with E-state index in [4.69, 9.17) is 25.8 Å². The first-order chi connectivity index (χ1) is 20.6. The monoisotopic (exact) mass is 685 g/mol. The van der Waals surface area contributed by atoms with Gasteiger partial charge in [-0.3, -0.25) is 9.10 Å². The number of ether oxygens (including phenoxy) is 3. The van der Waals surface area contributed by atoms with Crippen molar-refractivity contribution in [3.63, 3.8) is 0 Å². The van der Waals surface area contributed by atoms with E-state index in [1.54, 1.807) is 24.3 Å². The number of hydrazone groups is 1. The first-order valence-electron chi connectivity index (χ1n) is 12.9. The third-order valence-electron chi connectivity index (χ3n) is 6.20. The van der Waals surface area contributed by atoms with Gasteiger partial charge in [0.1, 0.15) is 18.9 Å². The van der Waals surface area contributed by atoms with Gasteiger partial charge in [0.15, 0.2) is 11.5 Å². The number of anilines is 1. The van der Waals surface area contributed by atoms with Crippen LogP contribution in [-0.4, -0.2) is 41.3 Å². The minimum absolute atomic E-state index is 0.0212. The summed E-state index contributed by atoms with van der Waals surface area (Å²) in [7, 11) is -1.17. The maximum Gasteiger partial charge on any atom is 0.264 e. The molecule has 0 aliphatic rings. The van der Waals surface area contributed by atoms with Gasteiger partial charge in [0.05, 0.1) is 40.5 Å². The summed E-state index contributed by atoms with van der Waals surface area (Å²) < 4.78 is 45.5. The lowest BCUT2D eigenvalue weighted by Gasteiger charge is -2.24. The van der Waals surface area contributed by atoms with Gasteiger partial charge in [-0.25, -0.2) is 13.8 Å². The number of halogens is 2. The van der Waals surface area contributed by atoms with Gasteiger partial charge in [-0.15, -0.1) is 0 Å². The van der Waals surface area contributed by atoms with Crippen LogP contribution in [-0.2, 0) is 21.4 Å². The molecule has 9 nitrogen and oxygen atoms in total. The molecule has 0 radical (unpaired) electrons. The van der Waals surface area contributed by atoms with E-state index < -0.39 is 22.5 Å². The molecule has 0 aliphatic carbocycles. The molecule has 12 heteroatoms. The molecular weight excluding hydrogens is 658 g/mol. The lowest BCUT2D eigenvalue weighted by molar-refractivity contribution is -0.119. The summed E-state index contributed by atoms with van der Waals surface area (Å²) in [4.78, 5) is 13.0. The molecular formula is C31H29BrClN3O6S. The third-order valence-corrected chi connectivity index (χ3v) is 8.87. The van der Waals surface area contributed by atoms with Crippen molar-refractivity contribution in [2.24, 2.45) is 5.10 Å². The van der Waals surface area contributed by atoms with Gasteiger partial charge >= 0.3 is 0 Å². The van der Waals surface area contributed by atoms with Gasteiger partial charge in [-0.2, -0.15) is 5.10 Å².